The second kappa shape index (κ2) is 10.3. The Hall–Kier alpha value is 0.170. The summed E-state index contributed by atoms with van der Waals surface area (Å²) in [5.74, 6) is 0. The minimum absolute atomic E-state index is 0. The second-order valence-electron chi connectivity index (χ2n) is 3.67. The first-order valence-electron chi connectivity index (χ1n) is 4.34. The first-order valence-corrected chi connectivity index (χ1v) is 4.34. The normalized spacial score (nSPS) is 10.2. The molecule has 84 valence electrons. The highest BCUT2D eigenvalue weighted by atomic mass is 35.5. The Morgan fingerprint density at radius 1 is 0.923 bits per heavy atom. The SMILES string of the molecule is C.C[N+](C)(CCCN)CCCN.[Cl-]. The molecule has 0 radical (unpaired) electrons. The van der Waals surface area contributed by atoms with Crippen LogP contribution in [0.2, 0.25) is 0 Å². The van der Waals surface area contributed by atoms with Crippen molar-refractivity contribution in [1.29, 1.82) is 0 Å². The van der Waals surface area contributed by atoms with Crippen molar-refractivity contribution in [3.63, 3.8) is 0 Å². The maximum Gasteiger partial charge on any atom is 0.0794 e. The average Bonchev–Trinajstić information content (AvgIpc) is 1.97. The van der Waals surface area contributed by atoms with Gasteiger partial charge in [0.2, 0.25) is 0 Å². The quantitative estimate of drug-likeness (QED) is 0.474. The molecule has 0 saturated carbocycles. The molecule has 0 rings (SSSR count). The van der Waals surface area contributed by atoms with Crippen molar-refractivity contribution in [3.8, 4) is 0 Å². The first kappa shape index (κ1) is 18.9. The van der Waals surface area contributed by atoms with E-state index in [2.05, 4.69) is 14.1 Å². The van der Waals surface area contributed by atoms with Gasteiger partial charge in [0.05, 0.1) is 27.2 Å². The van der Waals surface area contributed by atoms with Crippen LogP contribution in [0.4, 0.5) is 0 Å². The lowest BCUT2D eigenvalue weighted by Crippen LogP contribution is -3.00. The number of nitrogens with zero attached hydrogens (tertiary/aromatic N) is 1. The summed E-state index contributed by atoms with van der Waals surface area (Å²) < 4.78 is 1.05. The average molecular weight is 212 g/mol. The molecule has 0 aliphatic carbocycles. The third-order valence-corrected chi connectivity index (χ3v) is 1.94. The van der Waals surface area contributed by atoms with E-state index in [1.807, 2.05) is 0 Å². The lowest BCUT2D eigenvalue weighted by molar-refractivity contribution is -0.890. The van der Waals surface area contributed by atoms with Crippen LogP contribution in [0.3, 0.4) is 0 Å². The van der Waals surface area contributed by atoms with Crippen LogP contribution >= 0.6 is 0 Å². The van der Waals surface area contributed by atoms with Gasteiger partial charge in [0.25, 0.3) is 0 Å². The van der Waals surface area contributed by atoms with Crippen LogP contribution in [0.5, 0.6) is 0 Å². The molecule has 0 aliphatic heterocycles. The zero-order valence-corrected chi connectivity index (χ0v) is 8.98. The topological polar surface area (TPSA) is 52.0 Å². The standard InChI is InChI=1S/C8H22N3.CH4.ClH/c1-11(2,7-3-5-9)8-4-6-10;;/h3-10H2,1-2H3;1H4;1H/q+1;;/p-1. The highest BCUT2D eigenvalue weighted by molar-refractivity contribution is 4.40. The van der Waals surface area contributed by atoms with Crippen molar-refractivity contribution in [1.82, 2.24) is 0 Å². The Bertz CT molecular complexity index is 86.9. The van der Waals surface area contributed by atoms with E-state index in [1.54, 1.807) is 0 Å². The molecule has 3 nitrogen and oxygen atoms in total. The number of hydrogen-bond acceptors (Lipinski definition) is 2. The fraction of sp³-hybridized carbons (Fsp3) is 1.00. The van der Waals surface area contributed by atoms with Gasteiger partial charge < -0.3 is 28.4 Å². The van der Waals surface area contributed by atoms with Gasteiger partial charge in [0.1, 0.15) is 0 Å². The van der Waals surface area contributed by atoms with E-state index < -0.39 is 0 Å². The lowest BCUT2D eigenvalue weighted by Gasteiger charge is -2.29. The molecule has 0 spiro atoms. The van der Waals surface area contributed by atoms with Crippen LogP contribution in [0.25, 0.3) is 0 Å². The molecule has 0 unspecified atom stereocenters. The minimum atomic E-state index is 0. The molecule has 0 aliphatic rings. The molecule has 4 heteroatoms. The van der Waals surface area contributed by atoms with E-state index in [-0.39, 0.29) is 19.8 Å². The smallest absolute Gasteiger partial charge is 0.0794 e. The Balaban J connectivity index is -0.000000500. The second-order valence-corrected chi connectivity index (χ2v) is 3.67. The van der Waals surface area contributed by atoms with Crippen molar-refractivity contribution in [3.05, 3.63) is 0 Å². The van der Waals surface area contributed by atoms with E-state index in [1.165, 1.54) is 0 Å². The van der Waals surface area contributed by atoms with Gasteiger partial charge in [0.15, 0.2) is 0 Å². The van der Waals surface area contributed by atoms with E-state index in [9.17, 15) is 0 Å². The number of halogens is 1. The maximum atomic E-state index is 5.43. The number of nitrogens with two attached hydrogens (primary N) is 2. The molecule has 0 amide bonds. The van der Waals surface area contributed by atoms with Gasteiger partial charge in [0, 0.05) is 12.8 Å². The number of quaternary nitrogens is 1. The predicted octanol–water partition coefficient (Wildman–Crippen LogP) is -2.60. The zero-order valence-electron chi connectivity index (χ0n) is 8.22. The van der Waals surface area contributed by atoms with Crippen molar-refractivity contribution < 1.29 is 16.9 Å². The van der Waals surface area contributed by atoms with Crippen molar-refractivity contribution >= 4 is 0 Å². The van der Waals surface area contributed by atoms with E-state index in [0.717, 1.165) is 43.5 Å². The third-order valence-electron chi connectivity index (χ3n) is 1.94. The molecular weight excluding hydrogens is 186 g/mol. The summed E-state index contributed by atoms with van der Waals surface area (Å²) in [7, 11) is 4.46. The molecule has 0 bridgehead atoms. The summed E-state index contributed by atoms with van der Waals surface area (Å²) in [6.07, 6.45) is 2.22. The summed E-state index contributed by atoms with van der Waals surface area (Å²) >= 11 is 0. The summed E-state index contributed by atoms with van der Waals surface area (Å²) in [6, 6.07) is 0. The number of hydrogen-bond donors (Lipinski definition) is 2. The maximum absolute atomic E-state index is 5.43. The Morgan fingerprint density at radius 2 is 1.23 bits per heavy atom. The van der Waals surface area contributed by atoms with E-state index >= 15 is 0 Å². The molecule has 0 atom stereocenters. The van der Waals surface area contributed by atoms with Gasteiger partial charge in [-0.05, 0) is 13.1 Å². The zero-order chi connectivity index (χ0) is 8.74. The molecule has 0 heterocycles. The lowest BCUT2D eigenvalue weighted by atomic mass is 10.3. The molecule has 13 heavy (non-hydrogen) atoms. The molecule has 0 fully saturated rings. The number of rotatable bonds is 6. The van der Waals surface area contributed by atoms with E-state index in [4.69, 9.17) is 11.5 Å². The molecule has 0 aromatic heterocycles. The van der Waals surface area contributed by atoms with E-state index in [0.29, 0.717) is 0 Å². The van der Waals surface area contributed by atoms with Gasteiger partial charge >= 0.3 is 0 Å². The molecule has 0 saturated heterocycles. The predicted molar refractivity (Wildman–Crippen MR) is 55.9 cm³/mol. The summed E-state index contributed by atoms with van der Waals surface area (Å²) in [4.78, 5) is 0. The minimum Gasteiger partial charge on any atom is -1.00 e. The van der Waals surface area contributed by atoms with Gasteiger partial charge in [-0.25, -0.2) is 0 Å². The van der Waals surface area contributed by atoms with Crippen molar-refractivity contribution in [2.45, 2.75) is 20.3 Å². The molecule has 4 N–H and O–H groups in total. The molecular formula is C9H26ClN3. The Kier molecular flexibility index (Phi) is 14.9. The Labute approximate surface area is 89.5 Å². The van der Waals surface area contributed by atoms with Crippen LogP contribution < -0.4 is 23.9 Å². The van der Waals surface area contributed by atoms with Gasteiger partial charge in [-0.15, -0.1) is 0 Å². The third kappa shape index (κ3) is 12.2. The van der Waals surface area contributed by atoms with Crippen LogP contribution in [0, 0.1) is 0 Å². The molecule has 0 aromatic carbocycles. The highest BCUT2D eigenvalue weighted by Gasteiger charge is 2.12. The van der Waals surface area contributed by atoms with Crippen LogP contribution in [-0.4, -0.2) is 44.8 Å². The fourth-order valence-corrected chi connectivity index (χ4v) is 1.15. The van der Waals surface area contributed by atoms with Gasteiger partial charge in [-0.1, -0.05) is 7.43 Å². The van der Waals surface area contributed by atoms with Crippen LogP contribution in [-0.2, 0) is 0 Å². The highest BCUT2D eigenvalue weighted by Crippen LogP contribution is 1.99. The van der Waals surface area contributed by atoms with Gasteiger partial charge in [-0.3, -0.25) is 0 Å². The Morgan fingerprint density at radius 3 is 1.46 bits per heavy atom. The summed E-state index contributed by atoms with van der Waals surface area (Å²) in [6.45, 7) is 3.92. The van der Waals surface area contributed by atoms with Crippen LogP contribution in [0.1, 0.15) is 20.3 Å². The summed E-state index contributed by atoms with van der Waals surface area (Å²) in [5, 5.41) is 0. The van der Waals surface area contributed by atoms with Gasteiger partial charge in [-0.2, -0.15) is 0 Å². The van der Waals surface area contributed by atoms with Crippen molar-refractivity contribution in [2.24, 2.45) is 11.5 Å². The summed E-state index contributed by atoms with van der Waals surface area (Å²) in [5.41, 5.74) is 10.9. The van der Waals surface area contributed by atoms with Crippen LogP contribution in [0.15, 0.2) is 0 Å². The first-order chi connectivity index (χ1) is 5.12. The monoisotopic (exact) mass is 211 g/mol. The van der Waals surface area contributed by atoms with Crippen molar-refractivity contribution in [2.75, 3.05) is 40.3 Å². The molecule has 0 aromatic rings. The fourth-order valence-electron chi connectivity index (χ4n) is 1.15. The largest absolute Gasteiger partial charge is 1.00 e.